The van der Waals surface area contributed by atoms with Crippen LogP contribution in [0, 0.1) is 6.92 Å². The van der Waals surface area contributed by atoms with Gasteiger partial charge in [0.1, 0.15) is 5.70 Å². The Balaban J connectivity index is 1.94. The van der Waals surface area contributed by atoms with Crippen molar-refractivity contribution >= 4 is 35.0 Å². The lowest BCUT2D eigenvalue weighted by Crippen LogP contribution is -2.30. The van der Waals surface area contributed by atoms with Crippen molar-refractivity contribution in [1.29, 1.82) is 0 Å². The quantitative estimate of drug-likeness (QED) is 0.699. The third-order valence-electron chi connectivity index (χ3n) is 3.50. The lowest BCUT2D eigenvalue weighted by atomic mass is 10.2. The first-order chi connectivity index (χ1) is 10.6. The van der Waals surface area contributed by atoms with E-state index in [-0.39, 0.29) is 5.91 Å². The van der Waals surface area contributed by atoms with E-state index in [2.05, 4.69) is 10.4 Å². The number of anilines is 1. The third-order valence-corrected chi connectivity index (χ3v) is 3.79. The third kappa shape index (κ3) is 2.53. The van der Waals surface area contributed by atoms with Crippen molar-refractivity contribution in [3.63, 3.8) is 0 Å². The summed E-state index contributed by atoms with van der Waals surface area (Å²) in [7, 11) is 0. The minimum Gasteiger partial charge on any atom is -0.327 e. The monoisotopic (exact) mass is 312 g/mol. The lowest BCUT2D eigenvalue weighted by Gasteiger charge is -2.13. The summed E-state index contributed by atoms with van der Waals surface area (Å²) in [4.78, 5) is 14.1. The molecule has 5 nitrogen and oxygen atoms in total. The highest BCUT2D eigenvalue weighted by atomic mass is 32.1. The van der Waals surface area contributed by atoms with Gasteiger partial charge in [-0.05, 0) is 44.3 Å². The summed E-state index contributed by atoms with van der Waals surface area (Å²) in [6.45, 7) is 4.74. The largest absolute Gasteiger partial charge is 0.327 e. The smallest absolute Gasteiger partial charge is 0.281 e. The van der Waals surface area contributed by atoms with Crippen molar-refractivity contribution in [3.8, 4) is 0 Å². The molecule has 6 heteroatoms. The molecule has 2 aromatic rings. The van der Waals surface area contributed by atoms with E-state index in [0.717, 1.165) is 23.5 Å². The number of nitrogens with zero attached hydrogens (tertiary/aromatic N) is 3. The highest BCUT2D eigenvalue weighted by molar-refractivity contribution is 7.80. The Labute approximate surface area is 134 Å². The fourth-order valence-electron chi connectivity index (χ4n) is 2.34. The number of para-hydroxylation sites is 1. The molecule has 2 heterocycles. The summed E-state index contributed by atoms with van der Waals surface area (Å²) < 4.78 is 1.84. The van der Waals surface area contributed by atoms with Crippen LogP contribution >= 0.6 is 12.2 Å². The van der Waals surface area contributed by atoms with E-state index >= 15 is 0 Å². The Morgan fingerprint density at radius 3 is 2.68 bits per heavy atom. The minimum absolute atomic E-state index is 0.153. The maximum Gasteiger partial charge on any atom is 0.281 e. The summed E-state index contributed by atoms with van der Waals surface area (Å²) in [5.41, 5.74) is 3.02. The van der Waals surface area contributed by atoms with Gasteiger partial charge in [-0.3, -0.25) is 14.4 Å². The summed E-state index contributed by atoms with van der Waals surface area (Å²) in [5.74, 6) is -0.153. The Bertz CT molecular complexity index is 764. The van der Waals surface area contributed by atoms with E-state index in [1.807, 2.05) is 55.1 Å². The number of thiocarbonyl (C=S) groups is 1. The van der Waals surface area contributed by atoms with Crippen molar-refractivity contribution in [1.82, 2.24) is 15.1 Å². The Kier molecular flexibility index (Phi) is 3.77. The second-order valence-corrected chi connectivity index (χ2v) is 5.38. The topological polar surface area (TPSA) is 50.2 Å². The molecule has 0 unspecified atom stereocenters. The molecule has 1 saturated heterocycles. The second kappa shape index (κ2) is 5.73. The number of rotatable bonds is 3. The van der Waals surface area contributed by atoms with Gasteiger partial charge in [0.05, 0.1) is 11.4 Å². The van der Waals surface area contributed by atoms with E-state index < -0.39 is 0 Å². The number of carbonyl (C=O) groups excluding carboxylic acids is 1. The van der Waals surface area contributed by atoms with Crippen molar-refractivity contribution < 1.29 is 4.79 Å². The van der Waals surface area contributed by atoms with Crippen LogP contribution in [0.4, 0.5) is 5.69 Å². The zero-order valence-corrected chi connectivity index (χ0v) is 13.2. The highest BCUT2D eigenvalue weighted by Crippen LogP contribution is 2.22. The van der Waals surface area contributed by atoms with Gasteiger partial charge in [0.15, 0.2) is 5.11 Å². The van der Waals surface area contributed by atoms with Crippen LogP contribution in [0.2, 0.25) is 0 Å². The van der Waals surface area contributed by atoms with Crippen LogP contribution in [-0.2, 0) is 11.3 Å². The van der Waals surface area contributed by atoms with E-state index in [1.54, 1.807) is 6.08 Å². The molecule has 0 aliphatic carbocycles. The number of hydrogen-bond acceptors (Lipinski definition) is 3. The maximum atomic E-state index is 12.6. The summed E-state index contributed by atoms with van der Waals surface area (Å²) in [6, 6.07) is 9.37. The minimum atomic E-state index is -0.153. The average Bonchev–Trinajstić information content (AvgIpc) is 3.01. The van der Waals surface area contributed by atoms with Crippen molar-refractivity contribution in [2.75, 3.05) is 4.90 Å². The lowest BCUT2D eigenvalue weighted by molar-refractivity contribution is -0.113. The van der Waals surface area contributed by atoms with Gasteiger partial charge in [-0.15, -0.1) is 0 Å². The molecule has 1 N–H and O–H groups in total. The number of amides is 1. The maximum absolute atomic E-state index is 12.6. The summed E-state index contributed by atoms with van der Waals surface area (Å²) >= 11 is 5.29. The predicted octanol–water partition coefficient (Wildman–Crippen LogP) is 2.47. The van der Waals surface area contributed by atoms with Gasteiger partial charge >= 0.3 is 0 Å². The molecular formula is C16H16N4OS. The molecule has 112 valence electrons. The van der Waals surface area contributed by atoms with Crippen LogP contribution in [0.3, 0.4) is 0 Å². The molecule has 22 heavy (non-hydrogen) atoms. The van der Waals surface area contributed by atoms with Gasteiger partial charge in [0.25, 0.3) is 5.91 Å². The van der Waals surface area contributed by atoms with E-state index in [4.69, 9.17) is 12.2 Å². The number of aryl methyl sites for hydroxylation is 2. The van der Waals surface area contributed by atoms with Crippen LogP contribution in [0.15, 0.2) is 42.2 Å². The van der Waals surface area contributed by atoms with Gasteiger partial charge in [0, 0.05) is 18.3 Å². The number of benzene rings is 1. The first-order valence-corrected chi connectivity index (χ1v) is 7.47. The van der Waals surface area contributed by atoms with Crippen molar-refractivity contribution in [3.05, 3.63) is 53.5 Å². The van der Waals surface area contributed by atoms with Gasteiger partial charge in [-0.25, -0.2) is 0 Å². The molecule has 1 fully saturated rings. The number of aromatic nitrogens is 2. The van der Waals surface area contributed by atoms with Gasteiger partial charge in [-0.2, -0.15) is 5.10 Å². The standard InChI is InChI=1S/C16H16N4OS/c1-3-19-10-12(11(2)18-19)9-14-15(21)20(16(22)17-14)13-7-5-4-6-8-13/h4-10H,3H2,1-2H3,(H,17,22)/b14-9+. The number of nitrogens with one attached hydrogen (secondary N) is 1. The Morgan fingerprint density at radius 1 is 1.32 bits per heavy atom. The molecule has 0 spiro atoms. The van der Waals surface area contributed by atoms with Crippen LogP contribution in [-0.4, -0.2) is 20.8 Å². The summed E-state index contributed by atoms with van der Waals surface area (Å²) in [5, 5.41) is 7.76. The molecule has 0 bridgehead atoms. The van der Waals surface area contributed by atoms with E-state index in [0.29, 0.717) is 10.8 Å². The highest BCUT2D eigenvalue weighted by Gasteiger charge is 2.31. The fraction of sp³-hybridized carbons (Fsp3) is 0.188. The molecule has 1 aliphatic heterocycles. The molecule has 0 saturated carbocycles. The zero-order valence-electron chi connectivity index (χ0n) is 12.4. The zero-order chi connectivity index (χ0) is 15.7. The molecule has 0 radical (unpaired) electrons. The first kappa shape index (κ1) is 14.5. The van der Waals surface area contributed by atoms with Crippen LogP contribution in [0.25, 0.3) is 6.08 Å². The molecule has 1 aromatic carbocycles. The average molecular weight is 312 g/mol. The second-order valence-electron chi connectivity index (χ2n) is 4.99. The van der Waals surface area contributed by atoms with Crippen LogP contribution < -0.4 is 10.2 Å². The molecule has 3 rings (SSSR count). The van der Waals surface area contributed by atoms with E-state index in [9.17, 15) is 4.79 Å². The normalized spacial score (nSPS) is 16.5. The number of carbonyl (C=O) groups is 1. The predicted molar refractivity (Wildman–Crippen MR) is 90.3 cm³/mol. The fourth-order valence-corrected chi connectivity index (χ4v) is 2.64. The van der Waals surface area contributed by atoms with Crippen molar-refractivity contribution in [2.24, 2.45) is 0 Å². The first-order valence-electron chi connectivity index (χ1n) is 7.06. The molecule has 0 atom stereocenters. The molecule has 1 aromatic heterocycles. The Hall–Kier alpha value is -2.47. The van der Waals surface area contributed by atoms with Crippen molar-refractivity contribution in [2.45, 2.75) is 20.4 Å². The Morgan fingerprint density at radius 2 is 2.05 bits per heavy atom. The van der Waals surface area contributed by atoms with Gasteiger partial charge in [0.2, 0.25) is 0 Å². The van der Waals surface area contributed by atoms with E-state index in [1.165, 1.54) is 4.90 Å². The SMILES string of the molecule is CCn1cc(/C=C2/NC(=S)N(c3ccccc3)C2=O)c(C)n1. The van der Waals surface area contributed by atoms with Crippen LogP contribution in [0.1, 0.15) is 18.2 Å². The number of hydrogen-bond donors (Lipinski definition) is 1. The van der Waals surface area contributed by atoms with Crippen LogP contribution in [0.5, 0.6) is 0 Å². The molecule has 1 aliphatic rings. The molecular weight excluding hydrogens is 296 g/mol. The molecule has 1 amide bonds. The summed E-state index contributed by atoms with van der Waals surface area (Å²) in [6.07, 6.45) is 3.72. The van der Waals surface area contributed by atoms with Gasteiger partial charge < -0.3 is 5.32 Å². The van der Waals surface area contributed by atoms with Gasteiger partial charge in [-0.1, -0.05) is 18.2 Å².